The minimum Gasteiger partial charge on any atom is -0.389 e. The Balaban J connectivity index is 1.55. The van der Waals surface area contributed by atoms with Crippen LogP contribution in [0.2, 0.25) is 0 Å². The van der Waals surface area contributed by atoms with E-state index >= 15 is 0 Å². The summed E-state index contributed by atoms with van der Waals surface area (Å²) < 4.78 is 17.2. The van der Waals surface area contributed by atoms with Crippen LogP contribution in [0.25, 0.3) is 22.7 Å². The summed E-state index contributed by atoms with van der Waals surface area (Å²) in [6.07, 6.45) is 1.29. The third-order valence-electron chi connectivity index (χ3n) is 5.69. The second-order valence-electron chi connectivity index (χ2n) is 8.19. The molecule has 1 aromatic carbocycles. The molecule has 10 heteroatoms. The van der Waals surface area contributed by atoms with Gasteiger partial charge in [0, 0.05) is 16.9 Å². The molecule has 0 spiro atoms. The van der Waals surface area contributed by atoms with Gasteiger partial charge in [-0.3, -0.25) is 9.36 Å². The van der Waals surface area contributed by atoms with Gasteiger partial charge in [-0.15, -0.1) is 0 Å². The van der Waals surface area contributed by atoms with E-state index in [9.17, 15) is 19.6 Å². The van der Waals surface area contributed by atoms with Crippen molar-refractivity contribution in [2.45, 2.75) is 38.5 Å². The molecule has 5 rings (SSSR count). The molecule has 33 heavy (non-hydrogen) atoms. The maximum Gasteiger partial charge on any atom is 0.262 e. The maximum atomic E-state index is 14.0. The zero-order chi connectivity index (χ0) is 23.3. The lowest BCUT2D eigenvalue weighted by atomic mass is 10.1. The van der Waals surface area contributed by atoms with Gasteiger partial charge in [0.05, 0.1) is 17.1 Å². The average Bonchev–Trinajstić information content (AvgIpc) is 3.25. The average molecular weight is 445 g/mol. The summed E-state index contributed by atoms with van der Waals surface area (Å²) in [5.41, 5.74) is 1.56. The summed E-state index contributed by atoms with van der Waals surface area (Å²) in [4.78, 5) is 21.1. The number of aromatic nitrogens is 5. The van der Waals surface area contributed by atoms with Gasteiger partial charge in [-0.25, -0.2) is 19.0 Å². The number of imidazole rings is 1. The van der Waals surface area contributed by atoms with Crippen LogP contribution in [0.5, 0.6) is 0 Å². The number of nitriles is 1. The van der Waals surface area contributed by atoms with Crippen molar-refractivity contribution in [1.29, 1.82) is 5.26 Å². The number of hydrogen-bond donors (Lipinski definition) is 2. The number of benzene rings is 1. The molecule has 0 radical (unpaired) electrons. The standard InChI is InChI=1S/C23H20FN7O2/c1-13-9-16(11-25)29-31(13)21-17(14(2)32)4-6-20(28-21)30-12-26-18-10-15(3-5-19(18)30)27-22(33)23(24)7-8-23/h3-6,9-10,12,14,32H,7-8H2,1-2H3,(H,27,33). The number of aryl methyl sites for hydroxylation is 1. The molecule has 1 unspecified atom stereocenters. The molecule has 0 aliphatic heterocycles. The monoisotopic (exact) mass is 445 g/mol. The van der Waals surface area contributed by atoms with E-state index in [4.69, 9.17) is 4.98 Å². The number of aliphatic hydroxyl groups is 1. The lowest BCUT2D eigenvalue weighted by Gasteiger charge is -2.14. The predicted octanol–water partition coefficient (Wildman–Crippen LogP) is 3.28. The summed E-state index contributed by atoms with van der Waals surface area (Å²) in [7, 11) is 0. The van der Waals surface area contributed by atoms with Crippen LogP contribution in [0.4, 0.5) is 10.1 Å². The van der Waals surface area contributed by atoms with Gasteiger partial charge in [0.2, 0.25) is 0 Å². The number of nitrogens with one attached hydrogen (secondary N) is 1. The van der Waals surface area contributed by atoms with Gasteiger partial charge >= 0.3 is 0 Å². The molecular weight excluding hydrogens is 425 g/mol. The van der Waals surface area contributed by atoms with Crippen molar-refractivity contribution in [3.63, 3.8) is 0 Å². The molecule has 1 atom stereocenters. The highest BCUT2D eigenvalue weighted by Gasteiger charge is 2.50. The van der Waals surface area contributed by atoms with E-state index in [2.05, 4.69) is 15.4 Å². The van der Waals surface area contributed by atoms with Crippen LogP contribution < -0.4 is 5.32 Å². The van der Waals surface area contributed by atoms with Crippen molar-refractivity contribution in [1.82, 2.24) is 24.3 Å². The topological polar surface area (TPSA) is 122 Å². The predicted molar refractivity (Wildman–Crippen MR) is 118 cm³/mol. The van der Waals surface area contributed by atoms with Crippen LogP contribution in [0, 0.1) is 18.3 Å². The largest absolute Gasteiger partial charge is 0.389 e. The first-order valence-corrected chi connectivity index (χ1v) is 10.4. The number of hydrogen-bond acceptors (Lipinski definition) is 6. The Kier molecular flexibility index (Phi) is 4.72. The fraction of sp³-hybridized carbons (Fsp3) is 0.261. The van der Waals surface area contributed by atoms with Gasteiger partial charge in [-0.1, -0.05) is 0 Å². The van der Waals surface area contributed by atoms with Crippen LogP contribution >= 0.6 is 0 Å². The zero-order valence-electron chi connectivity index (χ0n) is 17.9. The summed E-state index contributed by atoms with van der Waals surface area (Å²) >= 11 is 0. The Labute approximate surface area is 188 Å². The number of rotatable bonds is 5. The van der Waals surface area contributed by atoms with Crippen LogP contribution in [0.1, 0.15) is 42.8 Å². The molecule has 0 bridgehead atoms. The second-order valence-corrected chi connectivity index (χ2v) is 8.19. The molecule has 4 aromatic rings. The molecular formula is C23H20FN7O2. The number of fused-ring (bicyclic) bond motifs is 1. The first-order valence-electron chi connectivity index (χ1n) is 10.4. The number of carbonyl (C=O) groups is 1. The summed E-state index contributed by atoms with van der Waals surface area (Å²) in [5.74, 6) is 0.306. The number of amides is 1. The highest BCUT2D eigenvalue weighted by molar-refractivity contribution is 6.00. The minimum atomic E-state index is -1.75. The number of carbonyl (C=O) groups excluding carboxylic acids is 1. The fourth-order valence-electron chi connectivity index (χ4n) is 3.68. The van der Waals surface area contributed by atoms with Crippen molar-refractivity contribution in [2.24, 2.45) is 0 Å². The van der Waals surface area contributed by atoms with Crippen LogP contribution in [0.15, 0.2) is 42.7 Å². The Bertz CT molecular complexity index is 1440. The minimum absolute atomic E-state index is 0.248. The Morgan fingerprint density at radius 1 is 1.30 bits per heavy atom. The molecule has 1 amide bonds. The van der Waals surface area contributed by atoms with E-state index in [1.165, 1.54) is 4.68 Å². The second kappa shape index (κ2) is 7.50. The van der Waals surface area contributed by atoms with Crippen LogP contribution in [-0.2, 0) is 4.79 Å². The number of pyridine rings is 1. The van der Waals surface area contributed by atoms with E-state index in [0.29, 0.717) is 34.1 Å². The van der Waals surface area contributed by atoms with Crippen molar-refractivity contribution in [3.8, 4) is 17.7 Å². The third-order valence-corrected chi connectivity index (χ3v) is 5.69. The van der Waals surface area contributed by atoms with Gasteiger partial charge in [0.1, 0.15) is 18.2 Å². The number of nitrogens with zero attached hydrogens (tertiary/aromatic N) is 6. The van der Waals surface area contributed by atoms with Crippen molar-refractivity contribution in [2.75, 3.05) is 5.32 Å². The van der Waals surface area contributed by atoms with E-state index < -0.39 is 17.7 Å². The molecule has 0 saturated heterocycles. The lowest BCUT2D eigenvalue weighted by molar-refractivity contribution is -0.122. The van der Waals surface area contributed by atoms with E-state index in [1.54, 1.807) is 61.1 Å². The number of anilines is 1. The van der Waals surface area contributed by atoms with Gasteiger partial charge in [0.15, 0.2) is 17.2 Å². The first-order chi connectivity index (χ1) is 15.8. The van der Waals surface area contributed by atoms with Crippen molar-refractivity contribution < 1.29 is 14.3 Å². The molecule has 166 valence electrons. The smallest absolute Gasteiger partial charge is 0.262 e. The summed E-state index contributed by atoms with van der Waals surface area (Å²) in [6, 6.07) is 12.3. The first kappa shape index (κ1) is 20.8. The zero-order valence-corrected chi connectivity index (χ0v) is 17.9. The molecule has 1 aliphatic carbocycles. The highest BCUT2D eigenvalue weighted by Crippen LogP contribution is 2.40. The summed E-state index contributed by atoms with van der Waals surface area (Å²) in [6.45, 7) is 3.44. The number of alkyl halides is 1. The third kappa shape index (κ3) is 3.62. The fourth-order valence-corrected chi connectivity index (χ4v) is 3.68. The van der Waals surface area contributed by atoms with Gasteiger partial charge in [-0.2, -0.15) is 10.4 Å². The molecule has 1 aliphatic rings. The quantitative estimate of drug-likeness (QED) is 0.486. The van der Waals surface area contributed by atoms with Crippen LogP contribution in [0.3, 0.4) is 0 Å². The molecule has 2 N–H and O–H groups in total. The van der Waals surface area contributed by atoms with Gasteiger partial charge < -0.3 is 10.4 Å². The normalized spacial score (nSPS) is 15.2. The lowest BCUT2D eigenvalue weighted by Crippen LogP contribution is -2.25. The molecule has 1 fully saturated rings. The van der Waals surface area contributed by atoms with E-state index in [1.807, 2.05) is 6.07 Å². The molecule has 1 saturated carbocycles. The maximum absolute atomic E-state index is 14.0. The molecule has 3 aromatic heterocycles. The van der Waals surface area contributed by atoms with Crippen molar-refractivity contribution >= 4 is 22.6 Å². The van der Waals surface area contributed by atoms with Crippen LogP contribution in [-0.4, -0.2) is 41.0 Å². The van der Waals surface area contributed by atoms with E-state index in [-0.39, 0.29) is 18.5 Å². The van der Waals surface area contributed by atoms with Crippen molar-refractivity contribution in [3.05, 3.63) is 59.7 Å². The SMILES string of the molecule is Cc1cc(C#N)nn1-c1nc(-n2cnc3cc(NC(=O)C4(F)CC4)ccc32)ccc1C(C)O. The Morgan fingerprint density at radius 2 is 2.09 bits per heavy atom. The van der Waals surface area contributed by atoms with Gasteiger partial charge in [0.25, 0.3) is 5.91 Å². The highest BCUT2D eigenvalue weighted by atomic mass is 19.1. The Morgan fingerprint density at radius 3 is 2.76 bits per heavy atom. The summed E-state index contributed by atoms with van der Waals surface area (Å²) in [5, 5.41) is 26.3. The Hall–Kier alpha value is -4.10. The van der Waals surface area contributed by atoms with E-state index in [0.717, 1.165) is 5.52 Å². The number of halogens is 1. The molecule has 9 nitrogen and oxygen atoms in total. The molecule has 3 heterocycles. The van der Waals surface area contributed by atoms with Gasteiger partial charge in [-0.05, 0) is 63.1 Å². The number of aliphatic hydroxyl groups excluding tert-OH is 1.